The number of piperidine rings is 1. The molecule has 3 heterocycles. The molecule has 0 spiro atoms. The fourth-order valence-corrected chi connectivity index (χ4v) is 6.19. The quantitative estimate of drug-likeness (QED) is 0.760. The van der Waals surface area contributed by atoms with E-state index < -0.39 is 10.0 Å². The zero-order chi connectivity index (χ0) is 22.3. The van der Waals surface area contributed by atoms with Crippen molar-refractivity contribution in [2.75, 3.05) is 49.6 Å². The van der Waals surface area contributed by atoms with E-state index in [1.807, 2.05) is 30.0 Å². The Bertz CT molecular complexity index is 1150. The fraction of sp³-hybridized carbons (Fsp3) is 0.435. The number of nitrogens with zero attached hydrogens (tertiary/aromatic N) is 2. The van der Waals surface area contributed by atoms with Gasteiger partial charge in [0.25, 0.3) is 5.91 Å². The molecule has 0 aromatic heterocycles. The summed E-state index contributed by atoms with van der Waals surface area (Å²) in [7, 11) is -3.77. The first-order valence-electron chi connectivity index (χ1n) is 11.0. The summed E-state index contributed by atoms with van der Waals surface area (Å²) in [5.41, 5.74) is 2.33. The van der Waals surface area contributed by atoms with Crippen LogP contribution in [-0.4, -0.2) is 58.0 Å². The van der Waals surface area contributed by atoms with Crippen LogP contribution in [0.15, 0.2) is 35.2 Å². The molecule has 2 aromatic carbocycles. The molecule has 0 bridgehead atoms. The lowest BCUT2D eigenvalue weighted by Crippen LogP contribution is -2.40. The highest BCUT2D eigenvalue weighted by Crippen LogP contribution is 2.41. The number of amides is 1. The van der Waals surface area contributed by atoms with E-state index in [4.69, 9.17) is 9.47 Å². The summed E-state index contributed by atoms with van der Waals surface area (Å²) in [4.78, 5) is 15.2. The van der Waals surface area contributed by atoms with Gasteiger partial charge in [0.15, 0.2) is 5.75 Å². The summed E-state index contributed by atoms with van der Waals surface area (Å²) in [6.07, 6.45) is 2.71. The van der Waals surface area contributed by atoms with Gasteiger partial charge in [0.1, 0.15) is 10.6 Å². The fourth-order valence-electron chi connectivity index (χ4n) is 4.45. The van der Waals surface area contributed by atoms with Crippen LogP contribution in [0.5, 0.6) is 11.5 Å². The molecule has 3 aliphatic heterocycles. The lowest BCUT2D eigenvalue weighted by Gasteiger charge is -2.33. The van der Waals surface area contributed by atoms with Crippen molar-refractivity contribution in [2.24, 2.45) is 0 Å². The highest BCUT2D eigenvalue weighted by Gasteiger charge is 2.34. The Balaban J connectivity index is 1.65. The van der Waals surface area contributed by atoms with Crippen LogP contribution >= 0.6 is 0 Å². The van der Waals surface area contributed by atoms with Crippen LogP contribution in [0.25, 0.3) is 0 Å². The van der Waals surface area contributed by atoms with Gasteiger partial charge in [-0.2, -0.15) is 4.31 Å². The Hall–Kier alpha value is -2.62. The van der Waals surface area contributed by atoms with Crippen molar-refractivity contribution >= 4 is 27.3 Å². The Labute approximate surface area is 188 Å². The first kappa shape index (κ1) is 21.2. The number of anilines is 2. The van der Waals surface area contributed by atoms with Crippen LogP contribution in [0, 0.1) is 6.92 Å². The van der Waals surface area contributed by atoms with Crippen molar-refractivity contribution in [3.63, 3.8) is 0 Å². The molecule has 170 valence electrons. The molecular formula is C23H27N3O5S. The molecule has 0 unspecified atom stereocenters. The van der Waals surface area contributed by atoms with Crippen molar-refractivity contribution in [3.05, 3.63) is 41.5 Å². The molecule has 2 saturated heterocycles. The number of aryl methyl sites for hydroxylation is 1. The van der Waals surface area contributed by atoms with Gasteiger partial charge in [-0.3, -0.25) is 4.79 Å². The van der Waals surface area contributed by atoms with Gasteiger partial charge in [0, 0.05) is 32.2 Å². The van der Waals surface area contributed by atoms with Crippen LogP contribution in [-0.2, 0) is 14.8 Å². The van der Waals surface area contributed by atoms with Gasteiger partial charge in [-0.15, -0.1) is 0 Å². The molecule has 2 aromatic rings. The third-order valence-corrected chi connectivity index (χ3v) is 8.12. The predicted molar refractivity (Wildman–Crippen MR) is 121 cm³/mol. The van der Waals surface area contributed by atoms with Gasteiger partial charge < -0.3 is 19.7 Å². The Morgan fingerprint density at radius 3 is 2.44 bits per heavy atom. The van der Waals surface area contributed by atoms with Gasteiger partial charge in [-0.05, 0) is 43.5 Å². The number of rotatable bonds is 3. The molecular weight excluding hydrogens is 430 g/mol. The summed E-state index contributed by atoms with van der Waals surface area (Å²) in [5, 5.41) is 2.87. The van der Waals surface area contributed by atoms with Crippen molar-refractivity contribution in [1.29, 1.82) is 0 Å². The normalized spacial score (nSPS) is 19.4. The molecule has 5 rings (SSSR count). The lowest BCUT2D eigenvalue weighted by atomic mass is 10.1. The highest BCUT2D eigenvalue weighted by atomic mass is 32.2. The average molecular weight is 458 g/mol. The molecule has 32 heavy (non-hydrogen) atoms. The SMILES string of the molecule is Cc1ccc2c(c1)NC(=O)c1cc(S(=O)(=O)N3CCCCC3)c(N3CCOCC3)cc1O2. The number of ether oxygens (including phenoxy) is 2. The van der Waals surface area contributed by atoms with E-state index >= 15 is 0 Å². The topological polar surface area (TPSA) is 88.2 Å². The van der Waals surface area contributed by atoms with Gasteiger partial charge >= 0.3 is 0 Å². The van der Waals surface area contributed by atoms with E-state index in [0.29, 0.717) is 62.3 Å². The van der Waals surface area contributed by atoms with Crippen LogP contribution in [0.2, 0.25) is 0 Å². The molecule has 9 heteroatoms. The number of carbonyl (C=O) groups is 1. The molecule has 0 radical (unpaired) electrons. The number of morpholine rings is 1. The maximum atomic E-state index is 13.7. The standard InChI is InChI=1S/C23H27N3O5S/c1-16-5-6-20-18(13-16)24-23(27)17-14-22(32(28,29)26-7-3-2-4-8-26)19(15-21(17)31-20)25-9-11-30-12-10-25/h5-6,13-15H,2-4,7-12H2,1H3,(H,24,27). The maximum Gasteiger partial charge on any atom is 0.259 e. The lowest BCUT2D eigenvalue weighted by molar-refractivity contribution is 0.102. The van der Waals surface area contributed by atoms with Gasteiger partial charge in [0.2, 0.25) is 10.0 Å². The first-order chi connectivity index (χ1) is 15.4. The predicted octanol–water partition coefficient (Wildman–Crippen LogP) is 3.36. The minimum atomic E-state index is -3.77. The van der Waals surface area contributed by atoms with Gasteiger partial charge in [0.05, 0.1) is 30.2 Å². The van der Waals surface area contributed by atoms with Crippen molar-refractivity contribution in [2.45, 2.75) is 31.1 Å². The van der Waals surface area contributed by atoms with E-state index in [-0.39, 0.29) is 16.4 Å². The second-order valence-corrected chi connectivity index (χ2v) is 10.3. The number of hydrogen-bond acceptors (Lipinski definition) is 6. The number of hydrogen-bond donors (Lipinski definition) is 1. The third-order valence-electron chi connectivity index (χ3n) is 6.19. The summed E-state index contributed by atoms with van der Waals surface area (Å²) in [6.45, 7) is 5.11. The van der Waals surface area contributed by atoms with Crippen molar-refractivity contribution < 1.29 is 22.7 Å². The molecule has 0 atom stereocenters. The second-order valence-electron chi connectivity index (χ2n) is 8.44. The number of fused-ring (bicyclic) bond motifs is 2. The van der Waals surface area contributed by atoms with Crippen molar-refractivity contribution in [1.82, 2.24) is 4.31 Å². The molecule has 8 nitrogen and oxygen atoms in total. The molecule has 0 aliphatic carbocycles. The summed E-state index contributed by atoms with van der Waals surface area (Å²) in [6, 6.07) is 8.75. The minimum Gasteiger partial charge on any atom is -0.454 e. The largest absolute Gasteiger partial charge is 0.454 e. The third kappa shape index (κ3) is 3.85. The van der Waals surface area contributed by atoms with Gasteiger partial charge in [-0.25, -0.2) is 8.42 Å². The maximum absolute atomic E-state index is 13.7. The first-order valence-corrected chi connectivity index (χ1v) is 12.5. The van der Waals surface area contributed by atoms with Crippen molar-refractivity contribution in [3.8, 4) is 11.5 Å². The van der Waals surface area contributed by atoms with Crippen LogP contribution < -0.4 is 15.0 Å². The van der Waals surface area contributed by atoms with Gasteiger partial charge in [-0.1, -0.05) is 12.5 Å². The van der Waals surface area contributed by atoms with E-state index in [2.05, 4.69) is 5.32 Å². The number of sulfonamides is 1. The molecule has 2 fully saturated rings. The second kappa shape index (κ2) is 8.38. The monoisotopic (exact) mass is 457 g/mol. The average Bonchev–Trinajstić information content (AvgIpc) is 2.94. The van der Waals surface area contributed by atoms with Crippen LogP contribution in [0.4, 0.5) is 11.4 Å². The Morgan fingerprint density at radius 2 is 1.69 bits per heavy atom. The summed E-state index contributed by atoms with van der Waals surface area (Å²) in [5.74, 6) is 0.499. The van der Waals surface area contributed by atoms with E-state index in [9.17, 15) is 13.2 Å². The Kier molecular flexibility index (Phi) is 5.56. The zero-order valence-electron chi connectivity index (χ0n) is 18.1. The van der Waals surface area contributed by atoms with Crippen LogP contribution in [0.3, 0.4) is 0 Å². The Morgan fingerprint density at radius 1 is 0.938 bits per heavy atom. The smallest absolute Gasteiger partial charge is 0.259 e. The molecule has 3 aliphatic rings. The summed E-state index contributed by atoms with van der Waals surface area (Å²) >= 11 is 0. The minimum absolute atomic E-state index is 0.154. The molecule has 1 amide bonds. The van der Waals surface area contributed by atoms with E-state index in [1.54, 1.807) is 6.07 Å². The number of nitrogens with one attached hydrogen (secondary N) is 1. The molecule has 1 N–H and O–H groups in total. The highest BCUT2D eigenvalue weighted by molar-refractivity contribution is 7.89. The van der Waals surface area contributed by atoms with Crippen LogP contribution in [0.1, 0.15) is 35.2 Å². The van der Waals surface area contributed by atoms with E-state index in [1.165, 1.54) is 10.4 Å². The summed E-state index contributed by atoms with van der Waals surface area (Å²) < 4.78 is 40.5. The molecule has 0 saturated carbocycles. The number of carbonyl (C=O) groups excluding carboxylic acids is 1. The zero-order valence-corrected chi connectivity index (χ0v) is 18.9. The number of benzene rings is 2. The van der Waals surface area contributed by atoms with E-state index in [0.717, 1.165) is 24.8 Å².